The molecule has 0 spiro atoms. The van der Waals surface area contributed by atoms with Crippen molar-refractivity contribution in [3.05, 3.63) is 52.4 Å². The van der Waals surface area contributed by atoms with Crippen LogP contribution in [0.15, 0.2) is 28.4 Å². The third-order valence-corrected chi connectivity index (χ3v) is 7.03. The monoisotopic (exact) mass is 608 g/mol. The van der Waals surface area contributed by atoms with E-state index in [0.717, 1.165) is 6.07 Å². The number of aryl methyl sites for hydroxylation is 1. The Hall–Kier alpha value is -4.05. The van der Waals surface area contributed by atoms with Crippen LogP contribution >= 0.6 is 0 Å². The highest BCUT2D eigenvalue weighted by Gasteiger charge is 2.35. The van der Waals surface area contributed by atoms with Crippen molar-refractivity contribution < 1.29 is 49.3 Å². The van der Waals surface area contributed by atoms with Gasteiger partial charge in [0.05, 0.1) is 17.5 Å². The van der Waals surface area contributed by atoms with E-state index in [1.165, 1.54) is 18.3 Å². The SMILES string of the molecule is Cc1nonc1C(=O)NC(c1nc2c(F)c(C(CC(F)F)C(=O)NCC(F)(F)F)ccc2[nH]1)C1CCC(=C(F)F)CC1. The van der Waals surface area contributed by atoms with Gasteiger partial charge in [-0.05, 0) is 55.3 Å². The fraction of sp³-hybridized carbons (Fsp3) is 0.480. The number of hydrogen-bond donors (Lipinski definition) is 3. The molecule has 2 aromatic heterocycles. The number of aromatic nitrogens is 4. The average molecular weight is 608 g/mol. The van der Waals surface area contributed by atoms with Crippen LogP contribution in [0.5, 0.6) is 0 Å². The molecule has 228 valence electrons. The number of halogens is 8. The maximum absolute atomic E-state index is 15.7. The van der Waals surface area contributed by atoms with E-state index in [1.807, 2.05) is 0 Å². The molecule has 4 rings (SSSR count). The van der Waals surface area contributed by atoms with Gasteiger partial charge in [0.25, 0.3) is 12.0 Å². The third-order valence-electron chi connectivity index (χ3n) is 7.03. The number of carbonyl (C=O) groups excluding carboxylic acids is 2. The topological polar surface area (TPSA) is 126 Å². The molecule has 3 aromatic rings. The van der Waals surface area contributed by atoms with Crippen LogP contribution in [0.4, 0.5) is 35.1 Å². The zero-order valence-corrected chi connectivity index (χ0v) is 21.8. The standard InChI is InChI=1S/C25H24F8N6O3/c1-10-18(39-42-38-10)24(41)37-19(11-2-4-12(5-3-11)21(29)30)22-35-15-7-6-13(17(28)20(15)36-22)14(8-16(26)27)23(40)34-9-25(31,32)33/h6-7,11,14,16,19H,2-5,8-9H2,1H3,(H,34,40)(H,35,36)(H,37,41). The molecule has 2 heterocycles. The Morgan fingerprint density at radius 3 is 2.40 bits per heavy atom. The lowest BCUT2D eigenvalue weighted by atomic mass is 9.81. The van der Waals surface area contributed by atoms with Crippen molar-refractivity contribution in [3.8, 4) is 0 Å². The molecule has 2 atom stereocenters. The summed E-state index contributed by atoms with van der Waals surface area (Å²) in [5, 5.41) is 11.3. The summed E-state index contributed by atoms with van der Waals surface area (Å²) < 4.78 is 111. The molecule has 0 aliphatic heterocycles. The molecular formula is C25H24F8N6O3. The van der Waals surface area contributed by atoms with E-state index in [4.69, 9.17) is 0 Å². The molecule has 3 N–H and O–H groups in total. The maximum Gasteiger partial charge on any atom is 0.405 e. The number of nitrogens with zero attached hydrogens (tertiary/aromatic N) is 3. The summed E-state index contributed by atoms with van der Waals surface area (Å²) in [7, 11) is 0. The van der Waals surface area contributed by atoms with Crippen LogP contribution in [-0.2, 0) is 4.79 Å². The van der Waals surface area contributed by atoms with Gasteiger partial charge in [0.1, 0.15) is 23.6 Å². The Morgan fingerprint density at radius 1 is 1.14 bits per heavy atom. The Kier molecular flexibility index (Phi) is 9.15. The van der Waals surface area contributed by atoms with Crippen LogP contribution in [0.1, 0.15) is 71.6 Å². The van der Waals surface area contributed by atoms with E-state index in [9.17, 15) is 40.3 Å². The van der Waals surface area contributed by atoms with Gasteiger partial charge in [0.15, 0.2) is 11.5 Å². The molecule has 0 radical (unpaired) electrons. The first-order valence-electron chi connectivity index (χ1n) is 12.7. The zero-order chi connectivity index (χ0) is 30.8. The van der Waals surface area contributed by atoms with E-state index < -0.39 is 78.2 Å². The predicted molar refractivity (Wildman–Crippen MR) is 129 cm³/mol. The summed E-state index contributed by atoms with van der Waals surface area (Å²) in [5.74, 6) is -5.84. The largest absolute Gasteiger partial charge is 0.405 e. The lowest BCUT2D eigenvalue weighted by molar-refractivity contribution is -0.139. The zero-order valence-electron chi connectivity index (χ0n) is 21.8. The van der Waals surface area contributed by atoms with E-state index in [1.54, 1.807) is 0 Å². The Bertz CT molecular complexity index is 1470. The first kappa shape index (κ1) is 30.9. The number of H-pyrrole nitrogens is 1. The Labute approximate surface area is 232 Å². The van der Waals surface area contributed by atoms with Crippen LogP contribution in [0.3, 0.4) is 0 Å². The van der Waals surface area contributed by atoms with Crippen molar-refractivity contribution in [2.75, 3.05) is 6.54 Å². The molecule has 1 aromatic carbocycles. The van der Waals surface area contributed by atoms with Crippen LogP contribution in [0.25, 0.3) is 11.0 Å². The summed E-state index contributed by atoms with van der Waals surface area (Å²) in [5.41, 5.74) is -1.01. The van der Waals surface area contributed by atoms with E-state index in [0.29, 0.717) is 0 Å². The summed E-state index contributed by atoms with van der Waals surface area (Å²) in [6, 6.07) is 1.21. The lowest BCUT2D eigenvalue weighted by Crippen LogP contribution is -2.37. The number of aromatic amines is 1. The molecule has 2 amide bonds. The maximum atomic E-state index is 15.7. The summed E-state index contributed by atoms with van der Waals surface area (Å²) >= 11 is 0. The van der Waals surface area contributed by atoms with Crippen LogP contribution in [-0.4, -0.2) is 51.2 Å². The van der Waals surface area contributed by atoms with Gasteiger partial charge in [0, 0.05) is 12.0 Å². The van der Waals surface area contributed by atoms with Crippen LogP contribution < -0.4 is 10.6 Å². The summed E-state index contributed by atoms with van der Waals surface area (Å²) in [6.45, 7) is -0.338. The van der Waals surface area contributed by atoms with Crippen molar-refractivity contribution in [1.82, 2.24) is 30.9 Å². The quantitative estimate of drug-likeness (QED) is 0.271. The van der Waals surface area contributed by atoms with Crippen molar-refractivity contribution in [1.29, 1.82) is 0 Å². The number of hydrogen-bond acceptors (Lipinski definition) is 6. The van der Waals surface area contributed by atoms with Gasteiger partial charge in [-0.25, -0.2) is 22.8 Å². The second-order valence-electron chi connectivity index (χ2n) is 9.85. The molecule has 9 nitrogen and oxygen atoms in total. The van der Waals surface area contributed by atoms with E-state index in [2.05, 4.69) is 30.2 Å². The number of allylic oxidation sites excluding steroid dienone is 1. The molecule has 2 unspecified atom stereocenters. The highest BCUT2D eigenvalue weighted by molar-refractivity contribution is 5.93. The van der Waals surface area contributed by atoms with Gasteiger partial charge in [-0.2, -0.15) is 22.0 Å². The second-order valence-corrected chi connectivity index (χ2v) is 9.85. The number of imidazole rings is 1. The second kappa shape index (κ2) is 12.4. The number of carbonyl (C=O) groups is 2. The normalized spacial score (nSPS) is 17.4. The molecule has 0 saturated heterocycles. The van der Waals surface area contributed by atoms with Gasteiger partial charge in [-0.3, -0.25) is 9.59 Å². The van der Waals surface area contributed by atoms with Crippen molar-refractivity contribution >= 4 is 22.8 Å². The number of benzene rings is 1. The van der Waals surface area contributed by atoms with E-state index in [-0.39, 0.29) is 54.0 Å². The number of rotatable bonds is 9. The lowest BCUT2D eigenvalue weighted by Gasteiger charge is -2.30. The predicted octanol–water partition coefficient (Wildman–Crippen LogP) is 5.62. The third kappa shape index (κ3) is 7.05. The molecule has 1 aliphatic carbocycles. The first-order chi connectivity index (χ1) is 19.7. The highest BCUT2D eigenvalue weighted by atomic mass is 19.4. The minimum Gasteiger partial charge on any atom is -0.346 e. The number of nitrogens with one attached hydrogen (secondary N) is 3. The van der Waals surface area contributed by atoms with Crippen molar-refractivity contribution in [2.45, 2.75) is 63.6 Å². The van der Waals surface area contributed by atoms with Gasteiger partial charge in [-0.15, -0.1) is 0 Å². The molecule has 1 aliphatic rings. The van der Waals surface area contributed by atoms with Gasteiger partial charge in [0.2, 0.25) is 12.3 Å². The van der Waals surface area contributed by atoms with Crippen LogP contribution in [0.2, 0.25) is 0 Å². The first-order valence-corrected chi connectivity index (χ1v) is 12.7. The minimum absolute atomic E-state index is 0.00594. The minimum atomic E-state index is -4.82. The molecule has 1 fully saturated rings. The molecule has 0 bridgehead atoms. The fourth-order valence-corrected chi connectivity index (χ4v) is 4.92. The number of fused-ring (bicyclic) bond motifs is 1. The van der Waals surface area contributed by atoms with E-state index >= 15 is 4.39 Å². The van der Waals surface area contributed by atoms with Crippen LogP contribution in [0, 0.1) is 18.7 Å². The Morgan fingerprint density at radius 2 is 1.83 bits per heavy atom. The average Bonchev–Trinajstić information content (AvgIpc) is 3.55. The highest BCUT2D eigenvalue weighted by Crippen LogP contribution is 2.39. The molecule has 1 saturated carbocycles. The Balaban J connectivity index is 1.70. The van der Waals surface area contributed by atoms with Crippen molar-refractivity contribution in [2.24, 2.45) is 5.92 Å². The molecule has 17 heteroatoms. The van der Waals surface area contributed by atoms with Crippen molar-refractivity contribution in [3.63, 3.8) is 0 Å². The molecular weight excluding hydrogens is 584 g/mol. The summed E-state index contributed by atoms with van der Waals surface area (Å²) in [4.78, 5) is 32.4. The fourth-order valence-electron chi connectivity index (χ4n) is 4.92. The number of alkyl halides is 5. The smallest absolute Gasteiger partial charge is 0.346 e. The summed E-state index contributed by atoms with van der Waals surface area (Å²) in [6.07, 6.45) is -10.5. The molecule has 42 heavy (non-hydrogen) atoms. The number of amides is 2. The van der Waals surface area contributed by atoms with Gasteiger partial charge >= 0.3 is 6.18 Å². The van der Waals surface area contributed by atoms with Gasteiger partial charge in [-0.1, -0.05) is 11.2 Å². The van der Waals surface area contributed by atoms with Gasteiger partial charge < -0.3 is 15.6 Å².